The van der Waals surface area contributed by atoms with Crippen LogP contribution in [0.25, 0.3) is 0 Å². The first kappa shape index (κ1) is 39.4. The third-order valence-corrected chi connectivity index (χ3v) is 9.21. The number of thioether (sulfide) groups is 2. The highest BCUT2D eigenvalue weighted by Crippen LogP contribution is 2.17. The fourth-order valence-corrected chi connectivity index (χ4v) is 6.34. The largest absolute Gasteiger partial charge is 0.459 e. The monoisotopic (exact) mass is 709 g/mol. The molecule has 12 heteroatoms. The highest BCUT2D eigenvalue weighted by atomic mass is 32.2. The van der Waals surface area contributed by atoms with Gasteiger partial charge in [-0.1, -0.05) is 90.0 Å². The van der Waals surface area contributed by atoms with Crippen molar-refractivity contribution in [1.29, 1.82) is 0 Å². The number of ether oxygens (including phenoxy) is 2. The molecule has 0 heterocycles. The summed E-state index contributed by atoms with van der Waals surface area (Å²) in [5, 5.41) is 17.9. The zero-order chi connectivity index (χ0) is 35.8. The maximum absolute atomic E-state index is 13.5. The molecule has 10 nitrogen and oxygen atoms in total. The van der Waals surface area contributed by atoms with Crippen LogP contribution < -0.4 is 16.0 Å². The topological polar surface area (TPSA) is 143 Å². The van der Waals surface area contributed by atoms with Crippen molar-refractivity contribution in [2.45, 2.75) is 76.5 Å². The number of amides is 3. The summed E-state index contributed by atoms with van der Waals surface area (Å²) >= 11 is 2.86. The number of aliphatic hydroxyl groups is 1. The zero-order valence-electron chi connectivity index (χ0n) is 28.7. The molecule has 0 fully saturated rings. The van der Waals surface area contributed by atoms with Gasteiger partial charge in [-0.3, -0.25) is 9.59 Å². The Balaban J connectivity index is 1.68. The van der Waals surface area contributed by atoms with Crippen LogP contribution in [-0.4, -0.2) is 70.8 Å². The molecule has 264 valence electrons. The van der Waals surface area contributed by atoms with Crippen molar-refractivity contribution in [3.8, 4) is 0 Å². The lowest BCUT2D eigenvalue weighted by atomic mass is 10.2. The lowest BCUT2D eigenvalue weighted by Crippen LogP contribution is -2.58. The van der Waals surface area contributed by atoms with Gasteiger partial charge in [0.2, 0.25) is 11.8 Å². The second-order valence-corrected chi connectivity index (χ2v) is 14.7. The molecule has 49 heavy (non-hydrogen) atoms. The van der Waals surface area contributed by atoms with Gasteiger partial charge in [-0.05, 0) is 51.3 Å². The Kier molecular flexibility index (Phi) is 16.0. The van der Waals surface area contributed by atoms with Crippen LogP contribution >= 0.6 is 23.5 Å². The van der Waals surface area contributed by atoms with Gasteiger partial charge in [-0.2, -0.15) is 23.5 Å². The standard InChI is InChI=1S/C37H47N3O7S2/c1-25-11-15-28(16-12-25)21-48-23-31(40-36(45)47-37(3,4)5)34(43)38-30(19-41)33(42)39-32(24-49-22-29-17-13-26(2)14-18-29)35(44)46-20-27-9-7-6-8-10-27/h6-18,30-32,41H,19-24H2,1-5H3,(H,38,43)(H,39,42)(H,40,45)/t30-,31-,32-/m0/s1. The minimum Gasteiger partial charge on any atom is -0.459 e. The fourth-order valence-electron chi connectivity index (χ4n) is 4.33. The van der Waals surface area contributed by atoms with E-state index in [1.54, 1.807) is 20.8 Å². The summed E-state index contributed by atoms with van der Waals surface area (Å²) in [6.45, 7) is 8.40. The number of hydrogen-bond donors (Lipinski definition) is 4. The molecule has 4 N–H and O–H groups in total. The second kappa shape index (κ2) is 19.9. The minimum atomic E-state index is -1.40. The van der Waals surface area contributed by atoms with Gasteiger partial charge in [0.15, 0.2) is 0 Å². The summed E-state index contributed by atoms with van der Waals surface area (Å²) in [4.78, 5) is 52.7. The van der Waals surface area contributed by atoms with Gasteiger partial charge < -0.3 is 30.5 Å². The first-order valence-electron chi connectivity index (χ1n) is 16.0. The van der Waals surface area contributed by atoms with E-state index in [0.717, 1.165) is 27.8 Å². The second-order valence-electron chi connectivity index (χ2n) is 12.6. The Morgan fingerprint density at radius 1 is 0.673 bits per heavy atom. The number of benzene rings is 3. The Labute approximate surface area is 297 Å². The van der Waals surface area contributed by atoms with Crippen molar-refractivity contribution in [3.63, 3.8) is 0 Å². The number of alkyl carbamates (subject to hydrolysis) is 1. The molecule has 0 saturated carbocycles. The lowest BCUT2D eigenvalue weighted by Gasteiger charge is -2.25. The summed E-state index contributed by atoms with van der Waals surface area (Å²) in [6.07, 6.45) is -0.791. The highest BCUT2D eigenvalue weighted by Gasteiger charge is 2.31. The summed E-state index contributed by atoms with van der Waals surface area (Å²) in [5.41, 5.74) is 4.36. The van der Waals surface area contributed by atoms with Crippen LogP contribution in [0.3, 0.4) is 0 Å². The van der Waals surface area contributed by atoms with Crippen LogP contribution in [0.4, 0.5) is 4.79 Å². The first-order valence-corrected chi connectivity index (χ1v) is 18.3. The summed E-state index contributed by atoms with van der Waals surface area (Å²) < 4.78 is 10.9. The summed E-state index contributed by atoms with van der Waals surface area (Å²) in [6, 6.07) is 21.6. The van der Waals surface area contributed by atoms with Gasteiger partial charge in [-0.15, -0.1) is 0 Å². The molecule has 0 saturated heterocycles. The Hall–Kier alpha value is -4.00. The smallest absolute Gasteiger partial charge is 0.408 e. The molecular weight excluding hydrogens is 663 g/mol. The van der Waals surface area contributed by atoms with Gasteiger partial charge in [0, 0.05) is 23.0 Å². The van der Waals surface area contributed by atoms with Gasteiger partial charge >= 0.3 is 12.1 Å². The molecule has 0 aliphatic heterocycles. The average molecular weight is 710 g/mol. The Morgan fingerprint density at radius 2 is 1.16 bits per heavy atom. The van der Waals surface area contributed by atoms with Gasteiger partial charge in [0.1, 0.15) is 30.3 Å². The van der Waals surface area contributed by atoms with Gasteiger partial charge in [-0.25, -0.2) is 9.59 Å². The number of nitrogens with one attached hydrogen (secondary N) is 3. The molecule has 0 bridgehead atoms. The molecule has 3 aromatic carbocycles. The van der Waals surface area contributed by atoms with E-state index in [2.05, 4.69) is 16.0 Å². The number of aliphatic hydroxyl groups excluding tert-OH is 1. The molecule has 3 rings (SSSR count). The average Bonchev–Trinajstić information content (AvgIpc) is 3.06. The van der Waals surface area contributed by atoms with Crippen LogP contribution in [0.5, 0.6) is 0 Å². The molecular formula is C37H47N3O7S2. The van der Waals surface area contributed by atoms with E-state index in [0.29, 0.717) is 11.5 Å². The van der Waals surface area contributed by atoms with Crippen molar-refractivity contribution in [2.24, 2.45) is 0 Å². The maximum Gasteiger partial charge on any atom is 0.408 e. The molecule has 0 spiro atoms. The quantitative estimate of drug-likeness (QED) is 0.141. The van der Waals surface area contributed by atoms with E-state index in [1.165, 1.54) is 23.5 Å². The van der Waals surface area contributed by atoms with Crippen molar-refractivity contribution in [1.82, 2.24) is 16.0 Å². The maximum atomic E-state index is 13.5. The van der Waals surface area contributed by atoms with Crippen molar-refractivity contribution in [3.05, 3.63) is 107 Å². The Morgan fingerprint density at radius 3 is 1.67 bits per heavy atom. The number of hydrogen-bond acceptors (Lipinski definition) is 9. The number of carbonyl (C=O) groups is 4. The molecule has 0 unspecified atom stereocenters. The minimum absolute atomic E-state index is 0.0209. The van der Waals surface area contributed by atoms with Crippen LogP contribution in [0.15, 0.2) is 78.9 Å². The molecule has 3 atom stereocenters. The SMILES string of the molecule is Cc1ccc(CSC[C@H](NC(=O)OC(C)(C)C)C(=O)N[C@@H](CO)C(=O)N[C@@H](CSCc2ccc(C)cc2)C(=O)OCc2ccccc2)cc1. The van der Waals surface area contributed by atoms with Crippen molar-refractivity contribution < 1.29 is 33.8 Å². The van der Waals surface area contributed by atoms with E-state index in [1.807, 2.05) is 92.7 Å². The third kappa shape index (κ3) is 15.0. The number of aryl methyl sites for hydroxylation is 2. The highest BCUT2D eigenvalue weighted by molar-refractivity contribution is 7.98. The van der Waals surface area contributed by atoms with Crippen LogP contribution in [0, 0.1) is 13.8 Å². The zero-order valence-corrected chi connectivity index (χ0v) is 30.3. The number of carbonyl (C=O) groups excluding carboxylic acids is 4. The van der Waals surface area contributed by atoms with Crippen molar-refractivity contribution >= 4 is 47.4 Å². The predicted molar refractivity (Wildman–Crippen MR) is 195 cm³/mol. The predicted octanol–water partition coefficient (Wildman–Crippen LogP) is 5.07. The van der Waals surface area contributed by atoms with E-state index in [4.69, 9.17) is 9.47 Å². The van der Waals surface area contributed by atoms with E-state index >= 15 is 0 Å². The number of esters is 1. The fraction of sp³-hybridized carbons (Fsp3) is 0.405. The van der Waals surface area contributed by atoms with Crippen LogP contribution in [0.2, 0.25) is 0 Å². The molecule has 3 aromatic rings. The van der Waals surface area contributed by atoms with E-state index in [9.17, 15) is 24.3 Å². The van der Waals surface area contributed by atoms with Crippen LogP contribution in [0.1, 0.15) is 48.6 Å². The summed E-state index contributed by atoms with van der Waals surface area (Å²) in [7, 11) is 0. The lowest BCUT2D eigenvalue weighted by molar-refractivity contribution is -0.148. The van der Waals surface area contributed by atoms with E-state index in [-0.39, 0.29) is 18.1 Å². The third-order valence-electron chi connectivity index (χ3n) is 7.00. The Bertz CT molecular complexity index is 1500. The molecule has 0 aromatic heterocycles. The molecule has 0 aliphatic rings. The molecule has 3 amide bonds. The van der Waals surface area contributed by atoms with Gasteiger partial charge in [0.25, 0.3) is 0 Å². The first-order chi connectivity index (χ1) is 23.3. The van der Waals surface area contributed by atoms with Crippen molar-refractivity contribution in [2.75, 3.05) is 18.1 Å². The van der Waals surface area contributed by atoms with E-state index < -0.39 is 54.2 Å². The number of rotatable bonds is 17. The van der Waals surface area contributed by atoms with Gasteiger partial charge in [0.05, 0.1) is 6.61 Å². The van der Waals surface area contributed by atoms with Crippen LogP contribution in [-0.2, 0) is 42.0 Å². The molecule has 0 radical (unpaired) electrons. The molecule has 0 aliphatic carbocycles. The normalized spacial score (nSPS) is 13.0. The summed E-state index contributed by atoms with van der Waals surface area (Å²) in [5.74, 6) is -0.562.